The van der Waals surface area contributed by atoms with E-state index in [1.807, 2.05) is 36.4 Å². The Labute approximate surface area is 122 Å². The van der Waals surface area contributed by atoms with Crippen LogP contribution in [-0.2, 0) is 0 Å². The molecule has 1 aliphatic heterocycles. The molecule has 0 spiro atoms. The van der Waals surface area contributed by atoms with Gasteiger partial charge in [-0.1, -0.05) is 17.8 Å². The van der Waals surface area contributed by atoms with Crippen molar-refractivity contribution in [3.8, 4) is 11.5 Å². The van der Waals surface area contributed by atoms with Crippen LogP contribution in [0.5, 0.6) is 11.5 Å². The lowest BCUT2D eigenvalue weighted by atomic mass is 10.1. The first-order valence-corrected chi connectivity index (χ1v) is 7.14. The summed E-state index contributed by atoms with van der Waals surface area (Å²) in [5, 5.41) is 3.60. The fraction of sp³-hybridized carbons (Fsp3) is 0.200. The van der Waals surface area contributed by atoms with Gasteiger partial charge in [0.25, 0.3) is 0 Å². The summed E-state index contributed by atoms with van der Waals surface area (Å²) in [6.45, 7) is 0. The van der Waals surface area contributed by atoms with E-state index in [2.05, 4.69) is 5.32 Å². The monoisotopic (exact) mass is 288 g/mol. The Morgan fingerprint density at radius 3 is 2.70 bits per heavy atom. The summed E-state index contributed by atoms with van der Waals surface area (Å²) in [4.78, 5) is 1.17. The largest absolute Gasteiger partial charge is 0.497 e. The second-order valence-electron chi connectivity index (χ2n) is 4.51. The molecular weight excluding hydrogens is 272 g/mol. The highest BCUT2D eigenvalue weighted by Gasteiger charge is 2.25. The van der Waals surface area contributed by atoms with Gasteiger partial charge in [-0.25, -0.2) is 0 Å². The van der Waals surface area contributed by atoms with Crippen LogP contribution >= 0.6 is 11.8 Å². The second kappa shape index (κ2) is 5.17. The number of anilines is 2. The van der Waals surface area contributed by atoms with Crippen LogP contribution in [0.25, 0.3) is 0 Å². The van der Waals surface area contributed by atoms with E-state index in [0.717, 1.165) is 22.7 Å². The summed E-state index contributed by atoms with van der Waals surface area (Å²) in [6.07, 6.45) is 0. The SMILES string of the molecule is COc1ccc2c(c1)SC(c1ccc(N)cc1OC)N2. The number of benzene rings is 2. The number of hydrogen-bond acceptors (Lipinski definition) is 5. The van der Waals surface area contributed by atoms with Crippen molar-refractivity contribution in [2.75, 3.05) is 25.3 Å². The van der Waals surface area contributed by atoms with Gasteiger partial charge in [0, 0.05) is 27.9 Å². The zero-order chi connectivity index (χ0) is 14.1. The third kappa shape index (κ3) is 2.25. The molecule has 3 N–H and O–H groups in total. The minimum absolute atomic E-state index is 0.118. The molecule has 20 heavy (non-hydrogen) atoms. The second-order valence-corrected chi connectivity index (χ2v) is 5.65. The highest BCUT2D eigenvalue weighted by molar-refractivity contribution is 8.00. The Morgan fingerprint density at radius 2 is 1.95 bits per heavy atom. The fourth-order valence-corrected chi connectivity index (χ4v) is 3.43. The average molecular weight is 288 g/mol. The van der Waals surface area contributed by atoms with Crippen molar-refractivity contribution in [1.29, 1.82) is 0 Å². The average Bonchev–Trinajstić information content (AvgIpc) is 2.89. The number of fused-ring (bicyclic) bond motifs is 1. The van der Waals surface area contributed by atoms with Crippen molar-refractivity contribution >= 4 is 23.1 Å². The molecule has 5 heteroatoms. The van der Waals surface area contributed by atoms with Crippen molar-refractivity contribution in [3.63, 3.8) is 0 Å². The molecule has 1 heterocycles. The first kappa shape index (κ1) is 13.0. The Balaban J connectivity index is 1.91. The molecule has 0 saturated carbocycles. The van der Waals surface area contributed by atoms with Crippen LogP contribution in [0.1, 0.15) is 10.9 Å². The number of thioether (sulfide) groups is 1. The van der Waals surface area contributed by atoms with Crippen LogP contribution in [0.3, 0.4) is 0 Å². The van der Waals surface area contributed by atoms with Crippen LogP contribution in [0, 0.1) is 0 Å². The highest BCUT2D eigenvalue weighted by atomic mass is 32.2. The number of nitrogens with two attached hydrogens (primary N) is 1. The van der Waals surface area contributed by atoms with E-state index in [9.17, 15) is 0 Å². The topological polar surface area (TPSA) is 56.5 Å². The van der Waals surface area contributed by atoms with Crippen molar-refractivity contribution in [2.45, 2.75) is 10.3 Å². The predicted octanol–water partition coefficient (Wildman–Crippen LogP) is 3.50. The smallest absolute Gasteiger partial charge is 0.127 e. The molecule has 104 valence electrons. The first-order valence-electron chi connectivity index (χ1n) is 6.26. The maximum atomic E-state index is 5.80. The minimum atomic E-state index is 0.118. The molecule has 1 unspecified atom stereocenters. The molecule has 0 aliphatic carbocycles. The molecule has 0 fully saturated rings. The Bertz CT molecular complexity index is 646. The van der Waals surface area contributed by atoms with E-state index >= 15 is 0 Å². The van der Waals surface area contributed by atoms with E-state index in [1.165, 1.54) is 4.90 Å². The van der Waals surface area contributed by atoms with E-state index in [4.69, 9.17) is 15.2 Å². The third-order valence-corrected chi connectivity index (χ3v) is 4.46. The van der Waals surface area contributed by atoms with E-state index < -0.39 is 0 Å². The van der Waals surface area contributed by atoms with Crippen molar-refractivity contribution in [2.24, 2.45) is 0 Å². The highest BCUT2D eigenvalue weighted by Crippen LogP contribution is 2.49. The predicted molar refractivity (Wildman–Crippen MR) is 82.6 cm³/mol. The van der Waals surface area contributed by atoms with Gasteiger partial charge in [0.05, 0.1) is 14.2 Å². The molecule has 0 radical (unpaired) electrons. The molecule has 3 rings (SSSR count). The molecule has 1 aliphatic rings. The quantitative estimate of drug-likeness (QED) is 0.847. The summed E-state index contributed by atoms with van der Waals surface area (Å²) in [5.74, 6) is 1.66. The lowest BCUT2D eigenvalue weighted by Gasteiger charge is -2.15. The lowest BCUT2D eigenvalue weighted by Crippen LogP contribution is -2.04. The van der Waals surface area contributed by atoms with Gasteiger partial charge in [-0.15, -0.1) is 0 Å². The summed E-state index contributed by atoms with van der Waals surface area (Å²) in [7, 11) is 3.34. The van der Waals surface area contributed by atoms with Crippen molar-refractivity contribution < 1.29 is 9.47 Å². The lowest BCUT2D eigenvalue weighted by molar-refractivity contribution is 0.410. The summed E-state index contributed by atoms with van der Waals surface area (Å²) < 4.78 is 10.7. The summed E-state index contributed by atoms with van der Waals surface area (Å²) in [5.41, 5.74) is 8.70. The number of nitrogen functional groups attached to an aromatic ring is 1. The maximum absolute atomic E-state index is 5.80. The molecule has 2 aromatic carbocycles. The van der Waals surface area contributed by atoms with Crippen LogP contribution < -0.4 is 20.5 Å². The number of hydrogen-bond donors (Lipinski definition) is 2. The van der Waals surface area contributed by atoms with Gasteiger partial charge in [0.1, 0.15) is 16.9 Å². The Kier molecular flexibility index (Phi) is 3.36. The summed E-state index contributed by atoms with van der Waals surface area (Å²) >= 11 is 1.74. The molecule has 0 amide bonds. The molecular formula is C15H16N2O2S. The number of methoxy groups -OCH3 is 2. The Morgan fingerprint density at radius 1 is 1.10 bits per heavy atom. The third-order valence-electron chi connectivity index (χ3n) is 3.26. The van der Waals surface area contributed by atoms with Gasteiger partial charge in [-0.3, -0.25) is 0 Å². The molecule has 1 atom stereocenters. The van der Waals surface area contributed by atoms with E-state index in [1.54, 1.807) is 26.0 Å². The zero-order valence-corrected chi connectivity index (χ0v) is 12.2. The fourth-order valence-electron chi connectivity index (χ4n) is 2.23. The first-order chi connectivity index (χ1) is 9.71. The van der Waals surface area contributed by atoms with Crippen molar-refractivity contribution in [1.82, 2.24) is 0 Å². The van der Waals surface area contributed by atoms with E-state index in [-0.39, 0.29) is 5.37 Å². The van der Waals surface area contributed by atoms with Gasteiger partial charge >= 0.3 is 0 Å². The standard InChI is InChI=1S/C15H16N2O2S/c1-18-10-4-6-12-14(8-10)20-15(17-12)11-5-3-9(16)7-13(11)19-2/h3-8,15,17H,16H2,1-2H3. The van der Waals surface area contributed by atoms with Crippen LogP contribution in [0.4, 0.5) is 11.4 Å². The van der Waals surface area contributed by atoms with Gasteiger partial charge in [0.2, 0.25) is 0 Å². The van der Waals surface area contributed by atoms with Gasteiger partial charge in [-0.05, 0) is 24.3 Å². The molecule has 4 nitrogen and oxygen atoms in total. The van der Waals surface area contributed by atoms with Crippen molar-refractivity contribution in [3.05, 3.63) is 42.0 Å². The molecule has 0 aromatic heterocycles. The number of nitrogens with one attached hydrogen (secondary N) is 1. The van der Waals surface area contributed by atoms with Crippen LogP contribution in [0.2, 0.25) is 0 Å². The van der Waals surface area contributed by atoms with Gasteiger partial charge in [0.15, 0.2) is 0 Å². The molecule has 0 saturated heterocycles. The minimum Gasteiger partial charge on any atom is -0.497 e. The Hall–Kier alpha value is -2.01. The molecule has 2 aromatic rings. The van der Waals surface area contributed by atoms with Gasteiger partial charge in [-0.2, -0.15) is 0 Å². The number of ether oxygens (including phenoxy) is 2. The zero-order valence-electron chi connectivity index (χ0n) is 11.3. The van der Waals surface area contributed by atoms with Crippen LogP contribution in [-0.4, -0.2) is 14.2 Å². The maximum Gasteiger partial charge on any atom is 0.127 e. The normalized spacial score (nSPS) is 16.4. The summed E-state index contributed by atoms with van der Waals surface area (Å²) in [6, 6.07) is 11.8. The molecule has 0 bridgehead atoms. The van der Waals surface area contributed by atoms with Crippen LogP contribution in [0.15, 0.2) is 41.3 Å². The van der Waals surface area contributed by atoms with Gasteiger partial charge < -0.3 is 20.5 Å². The van der Waals surface area contributed by atoms with E-state index in [0.29, 0.717) is 5.69 Å². The number of rotatable bonds is 3.